The monoisotopic (exact) mass is 201 g/mol. The molecule has 1 aromatic rings. The van der Waals surface area contributed by atoms with E-state index in [1.54, 1.807) is 18.2 Å². The third-order valence-corrected chi connectivity index (χ3v) is 1.71. The number of rotatable bonds is 5. The summed E-state index contributed by atoms with van der Waals surface area (Å²) in [6, 6.07) is 7.05. The van der Waals surface area contributed by atoms with E-state index < -0.39 is 13.0 Å². The third-order valence-electron chi connectivity index (χ3n) is 1.71. The van der Waals surface area contributed by atoms with Crippen molar-refractivity contribution >= 4 is 0 Å². The van der Waals surface area contributed by atoms with Gasteiger partial charge in [0, 0.05) is 0 Å². The van der Waals surface area contributed by atoms with E-state index in [1.807, 2.05) is 6.07 Å². The maximum absolute atomic E-state index is 11.8. The summed E-state index contributed by atoms with van der Waals surface area (Å²) in [5, 5.41) is 0. The SMILES string of the molecule is NCCc1cccc(OCC(F)F)c1. The van der Waals surface area contributed by atoms with Gasteiger partial charge in [0.05, 0.1) is 0 Å². The molecule has 1 rings (SSSR count). The molecule has 0 atom stereocenters. The molecule has 0 aliphatic carbocycles. The van der Waals surface area contributed by atoms with Crippen LogP contribution in [0.2, 0.25) is 0 Å². The molecule has 78 valence electrons. The zero-order valence-electron chi connectivity index (χ0n) is 7.75. The molecular formula is C10H13F2NO. The molecule has 0 saturated heterocycles. The molecular weight excluding hydrogens is 188 g/mol. The van der Waals surface area contributed by atoms with Crippen molar-refractivity contribution in [1.29, 1.82) is 0 Å². The van der Waals surface area contributed by atoms with Crippen LogP contribution < -0.4 is 10.5 Å². The van der Waals surface area contributed by atoms with Crippen molar-refractivity contribution in [2.24, 2.45) is 5.73 Å². The molecule has 0 spiro atoms. The van der Waals surface area contributed by atoms with Crippen molar-refractivity contribution < 1.29 is 13.5 Å². The Hall–Kier alpha value is -1.16. The summed E-state index contributed by atoms with van der Waals surface area (Å²) in [6.07, 6.45) is -1.71. The highest BCUT2D eigenvalue weighted by atomic mass is 19.3. The molecule has 0 aliphatic heterocycles. The quantitative estimate of drug-likeness (QED) is 0.788. The third kappa shape index (κ3) is 3.70. The molecule has 14 heavy (non-hydrogen) atoms. The zero-order valence-corrected chi connectivity index (χ0v) is 7.75. The molecule has 2 nitrogen and oxygen atoms in total. The second-order valence-electron chi connectivity index (χ2n) is 2.89. The number of nitrogens with two attached hydrogens (primary N) is 1. The fourth-order valence-electron chi connectivity index (χ4n) is 1.12. The minimum atomic E-state index is -2.44. The molecule has 0 saturated carbocycles. The maximum Gasteiger partial charge on any atom is 0.272 e. The lowest BCUT2D eigenvalue weighted by Crippen LogP contribution is -2.07. The summed E-state index contributed by atoms with van der Waals surface area (Å²) in [4.78, 5) is 0. The number of ether oxygens (including phenoxy) is 1. The van der Waals surface area contributed by atoms with E-state index in [2.05, 4.69) is 0 Å². The molecule has 0 unspecified atom stereocenters. The van der Waals surface area contributed by atoms with Crippen molar-refractivity contribution in [2.45, 2.75) is 12.8 Å². The Kier molecular flexibility index (Phi) is 4.32. The van der Waals surface area contributed by atoms with Gasteiger partial charge in [-0.1, -0.05) is 12.1 Å². The number of alkyl halides is 2. The minimum absolute atomic E-state index is 0.469. The van der Waals surface area contributed by atoms with Gasteiger partial charge in [-0.2, -0.15) is 0 Å². The first-order valence-electron chi connectivity index (χ1n) is 4.42. The number of hydrogen-bond acceptors (Lipinski definition) is 2. The van der Waals surface area contributed by atoms with Gasteiger partial charge < -0.3 is 10.5 Å². The van der Waals surface area contributed by atoms with E-state index in [1.165, 1.54) is 0 Å². The van der Waals surface area contributed by atoms with Gasteiger partial charge in [0.25, 0.3) is 6.43 Å². The minimum Gasteiger partial charge on any atom is -0.488 e. The lowest BCUT2D eigenvalue weighted by molar-refractivity contribution is 0.0818. The number of halogens is 2. The lowest BCUT2D eigenvalue weighted by atomic mass is 10.1. The predicted molar refractivity (Wildman–Crippen MR) is 50.7 cm³/mol. The first-order valence-corrected chi connectivity index (χ1v) is 4.42. The van der Waals surface area contributed by atoms with Crippen LogP contribution in [-0.4, -0.2) is 19.6 Å². The van der Waals surface area contributed by atoms with Gasteiger partial charge in [-0.05, 0) is 30.7 Å². The van der Waals surface area contributed by atoms with Crippen LogP contribution in [0.15, 0.2) is 24.3 Å². The maximum atomic E-state index is 11.8. The molecule has 0 aliphatic rings. The molecule has 4 heteroatoms. The van der Waals surface area contributed by atoms with Crippen molar-refractivity contribution in [2.75, 3.05) is 13.2 Å². The topological polar surface area (TPSA) is 35.2 Å². The smallest absolute Gasteiger partial charge is 0.272 e. The van der Waals surface area contributed by atoms with Gasteiger partial charge in [-0.25, -0.2) is 8.78 Å². The van der Waals surface area contributed by atoms with E-state index >= 15 is 0 Å². The van der Waals surface area contributed by atoms with Crippen LogP contribution in [0.25, 0.3) is 0 Å². The lowest BCUT2D eigenvalue weighted by Gasteiger charge is -2.06. The molecule has 1 aromatic carbocycles. The van der Waals surface area contributed by atoms with Gasteiger partial charge in [0.2, 0.25) is 0 Å². The van der Waals surface area contributed by atoms with E-state index in [-0.39, 0.29) is 0 Å². The molecule has 0 radical (unpaired) electrons. The van der Waals surface area contributed by atoms with Crippen molar-refractivity contribution in [3.05, 3.63) is 29.8 Å². The van der Waals surface area contributed by atoms with Crippen LogP contribution in [0.5, 0.6) is 5.75 Å². The largest absolute Gasteiger partial charge is 0.488 e. The van der Waals surface area contributed by atoms with Gasteiger partial charge >= 0.3 is 0 Å². The normalized spacial score (nSPS) is 10.6. The Morgan fingerprint density at radius 2 is 2.14 bits per heavy atom. The summed E-state index contributed by atoms with van der Waals surface area (Å²) >= 11 is 0. The highest BCUT2D eigenvalue weighted by Crippen LogP contribution is 2.14. The summed E-state index contributed by atoms with van der Waals surface area (Å²) in [7, 11) is 0. The van der Waals surface area contributed by atoms with Gasteiger partial charge in [0.1, 0.15) is 12.4 Å². The standard InChI is InChI=1S/C10H13F2NO/c11-10(12)7-14-9-3-1-2-8(6-9)4-5-13/h1-3,6,10H,4-5,7,13H2. The van der Waals surface area contributed by atoms with Crippen LogP contribution in [0, 0.1) is 0 Å². The second kappa shape index (κ2) is 5.54. The highest BCUT2D eigenvalue weighted by molar-refractivity contribution is 5.28. The van der Waals surface area contributed by atoms with Crippen molar-refractivity contribution in [1.82, 2.24) is 0 Å². The average molecular weight is 201 g/mol. The Morgan fingerprint density at radius 3 is 2.79 bits per heavy atom. The molecule has 2 N–H and O–H groups in total. The molecule has 0 amide bonds. The van der Waals surface area contributed by atoms with Crippen LogP contribution in [0.3, 0.4) is 0 Å². The number of hydrogen-bond donors (Lipinski definition) is 1. The average Bonchev–Trinajstić information content (AvgIpc) is 2.16. The van der Waals surface area contributed by atoms with E-state index in [4.69, 9.17) is 10.5 Å². The van der Waals surface area contributed by atoms with Gasteiger partial charge in [-0.15, -0.1) is 0 Å². The van der Waals surface area contributed by atoms with Gasteiger partial charge in [-0.3, -0.25) is 0 Å². The molecule has 0 bridgehead atoms. The Bertz CT molecular complexity index is 279. The van der Waals surface area contributed by atoms with Crippen LogP contribution in [-0.2, 0) is 6.42 Å². The summed E-state index contributed by atoms with van der Waals surface area (Å²) in [6.45, 7) is -0.0234. The summed E-state index contributed by atoms with van der Waals surface area (Å²) in [5.41, 5.74) is 6.37. The molecule has 0 aromatic heterocycles. The Labute approximate surface area is 81.7 Å². The molecule has 0 heterocycles. The first-order chi connectivity index (χ1) is 6.72. The van der Waals surface area contributed by atoms with Crippen molar-refractivity contribution in [3.8, 4) is 5.75 Å². The van der Waals surface area contributed by atoms with Crippen molar-refractivity contribution in [3.63, 3.8) is 0 Å². The molecule has 0 fully saturated rings. The Balaban J connectivity index is 2.54. The predicted octanol–water partition coefficient (Wildman–Crippen LogP) is 1.83. The Morgan fingerprint density at radius 1 is 1.36 bits per heavy atom. The number of benzene rings is 1. The van der Waals surface area contributed by atoms with Crippen LogP contribution in [0.1, 0.15) is 5.56 Å². The fourth-order valence-corrected chi connectivity index (χ4v) is 1.12. The zero-order chi connectivity index (χ0) is 10.4. The second-order valence-corrected chi connectivity index (χ2v) is 2.89. The first kappa shape index (κ1) is 10.9. The summed E-state index contributed by atoms with van der Waals surface area (Å²) in [5.74, 6) is 0.469. The van der Waals surface area contributed by atoms with Gasteiger partial charge in [0.15, 0.2) is 0 Å². The van der Waals surface area contributed by atoms with E-state index in [0.717, 1.165) is 12.0 Å². The fraction of sp³-hybridized carbons (Fsp3) is 0.400. The van der Waals surface area contributed by atoms with E-state index in [0.29, 0.717) is 12.3 Å². The van der Waals surface area contributed by atoms with Crippen LogP contribution in [0.4, 0.5) is 8.78 Å². The van der Waals surface area contributed by atoms with E-state index in [9.17, 15) is 8.78 Å². The van der Waals surface area contributed by atoms with Crippen LogP contribution >= 0.6 is 0 Å². The highest BCUT2D eigenvalue weighted by Gasteiger charge is 2.03. The summed E-state index contributed by atoms with van der Waals surface area (Å²) < 4.78 is 28.5.